The number of hydrogen-bond acceptors (Lipinski definition) is 3. The summed E-state index contributed by atoms with van der Waals surface area (Å²) in [5.41, 5.74) is 4.44. The van der Waals surface area contributed by atoms with Crippen LogP contribution < -0.4 is 10.1 Å². The fourth-order valence-corrected chi connectivity index (χ4v) is 4.07. The van der Waals surface area contributed by atoms with Crippen LogP contribution in [0.15, 0.2) is 66.2 Å². The topological polar surface area (TPSA) is 62.1 Å². The van der Waals surface area contributed by atoms with E-state index in [1.807, 2.05) is 61.5 Å². The van der Waals surface area contributed by atoms with Gasteiger partial charge in [-0.05, 0) is 77.0 Å². The number of rotatable bonds is 6. The Morgan fingerprint density at radius 2 is 1.90 bits per heavy atom. The van der Waals surface area contributed by atoms with Crippen LogP contribution in [0, 0.1) is 21.8 Å². The van der Waals surface area contributed by atoms with Gasteiger partial charge in [0.1, 0.15) is 17.4 Å². The molecule has 1 amide bonds. The van der Waals surface area contributed by atoms with Crippen molar-refractivity contribution in [3.05, 3.63) is 97.1 Å². The number of carbonyl (C=O) groups excluding carboxylic acids is 1. The van der Waals surface area contributed by atoms with Crippen molar-refractivity contribution in [2.24, 2.45) is 0 Å². The van der Waals surface area contributed by atoms with E-state index in [0.717, 1.165) is 20.3 Å². The molecule has 0 saturated heterocycles. The first-order chi connectivity index (χ1) is 14.9. The van der Waals surface area contributed by atoms with E-state index in [-0.39, 0.29) is 5.57 Å². The fraction of sp³-hybridized carbons (Fsp3) is 0.120. The molecule has 0 unspecified atom stereocenters. The Labute approximate surface area is 200 Å². The van der Waals surface area contributed by atoms with E-state index in [4.69, 9.17) is 16.3 Å². The molecular formula is C25H20ClIN2O2. The predicted molar refractivity (Wildman–Crippen MR) is 133 cm³/mol. The van der Waals surface area contributed by atoms with E-state index in [1.165, 1.54) is 0 Å². The number of carbonyl (C=O) groups is 1. The number of halogens is 2. The third-order valence-corrected chi connectivity index (χ3v) is 6.04. The molecule has 0 spiro atoms. The van der Waals surface area contributed by atoms with Crippen LogP contribution in [-0.2, 0) is 11.2 Å². The lowest BCUT2D eigenvalue weighted by Crippen LogP contribution is -2.13. The average Bonchev–Trinajstić information content (AvgIpc) is 2.76. The number of benzene rings is 3. The molecule has 0 saturated carbocycles. The van der Waals surface area contributed by atoms with Crippen molar-refractivity contribution in [2.45, 2.75) is 13.3 Å². The van der Waals surface area contributed by atoms with Crippen molar-refractivity contribution in [1.82, 2.24) is 0 Å². The maximum absolute atomic E-state index is 12.6. The minimum Gasteiger partial charge on any atom is -0.496 e. The fourth-order valence-electron chi connectivity index (χ4n) is 3.05. The molecule has 3 aromatic rings. The van der Waals surface area contributed by atoms with Crippen molar-refractivity contribution >= 4 is 51.9 Å². The largest absolute Gasteiger partial charge is 0.496 e. The summed E-state index contributed by atoms with van der Waals surface area (Å²) in [6, 6.07) is 20.8. The summed E-state index contributed by atoms with van der Waals surface area (Å²) in [4.78, 5) is 12.6. The summed E-state index contributed by atoms with van der Waals surface area (Å²) < 4.78 is 6.56. The zero-order valence-electron chi connectivity index (χ0n) is 17.1. The molecule has 156 valence electrons. The van der Waals surface area contributed by atoms with Crippen molar-refractivity contribution in [1.29, 1.82) is 5.26 Å². The van der Waals surface area contributed by atoms with Gasteiger partial charge in [0.2, 0.25) is 0 Å². The SMILES string of the molecule is COc1cc(/C=C(\C#N)C(=O)Nc2ccc(C)cc2)cc(I)c1Cc1ccccc1Cl. The average molecular weight is 543 g/mol. The van der Waals surface area contributed by atoms with E-state index in [2.05, 4.69) is 27.9 Å². The van der Waals surface area contributed by atoms with Crippen LogP contribution in [0.2, 0.25) is 5.02 Å². The molecule has 0 aromatic heterocycles. The van der Waals surface area contributed by atoms with Gasteiger partial charge < -0.3 is 10.1 Å². The second-order valence-corrected chi connectivity index (χ2v) is 8.51. The zero-order chi connectivity index (χ0) is 22.4. The molecular weight excluding hydrogens is 523 g/mol. The normalized spacial score (nSPS) is 11.0. The van der Waals surface area contributed by atoms with Gasteiger partial charge in [-0.15, -0.1) is 0 Å². The summed E-state index contributed by atoms with van der Waals surface area (Å²) >= 11 is 8.55. The molecule has 0 atom stereocenters. The second kappa shape index (κ2) is 10.5. The Bertz CT molecular complexity index is 1180. The van der Waals surface area contributed by atoms with Crippen LogP contribution in [0.1, 0.15) is 22.3 Å². The van der Waals surface area contributed by atoms with Gasteiger partial charge in [0.25, 0.3) is 5.91 Å². The van der Waals surface area contributed by atoms with Crippen LogP contribution in [0.3, 0.4) is 0 Å². The summed E-state index contributed by atoms with van der Waals surface area (Å²) in [7, 11) is 1.60. The van der Waals surface area contributed by atoms with E-state index < -0.39 is 5.91 Å². The van der Waals surface area contributed by atoms with Gasteiger partial charge >= 0.3 is 0 Å². The first-order valence-corrected chi connectivity index (χ1v) is 11.0. The van der Waals surface area contributed by atoms with Crippen molar-refractivity contribution in [2.75, 3.05) is 12.4 Å². The predicted octanol–water partition coefficient (Wildman–Crippen LogP) is 6.40. The standard InChI is InChI=1S/C25H20ClIN2O2/c1-16-7-9-20(10-8-16)29-25(30)19(15-28)11-17-12-23(27)21(24(13-17)31-2)14-18-5-3-4-6-22(18)26/h3-13H,14H2,1-2H3,(H,29,30)/b19-11+. The summed E-state index contributed by atoms with van der Waals surface area (Å²) in [6.07, 6.45) is 2.18. The number of amides is 1. The molecule has 1 N–H and O–H groups in total. The van der Waals surface area contributed by atoms with Gasteiger partial charge in [-0.2, -0.15) is 5.26 Å². The Morgan fingerprint density at radius 3 is 2.55 bits per heavy atom. The number of hydrogen-bond donors (Lipinski definition) is 1. The molecule has 0 aliphatic heterocycles. The Hall–Kier alpha value is -2.82. The molecule has 0 aliphatic carbocycles. The molecule has 4 nitrogen and oxygen atoms in total. The molecule has 0 aliphatic rings. The van der Waals surface area contributed by atoms with Crippen molar-refractivity contribution < 1.29 is 9.53 Å². The van der Waals surface area contributed by atoms with Gasteiger partial charge in [0, 0.05) is 26.3 Å². The van der Waals surface area contributed by atoms with Crippen molar-refractivity contribution in [3.8, 4) is 11.8 Å². The highest BCUT2D eigenvalue weighted by Gasteiger charge is 2.14. The highest BCUT2D eigenvalue weighted by Crippen LogP contribution is 2.31. The van der Waals surface area contributed by atoms with Gasteiger partial charge in [-0.1, -0.05) is 47.5 Å². The maximum atomic E-state index is 12.6. The van der Waals surface area contributed by atoms with Crippen LogP contribution in [-0.4, -0.2) is 13.0 Å². The molecule has 31 heavy (non-hydrogen) atoms. The lowest BCUT2D eigenvalue weighted by Gasteiger charge is -2.13. The summed E-state index contributed by atoms with van der Waals surface area (Å²) in [6.45, 7) is 1.97. The smallest absolute Gasteiger partial charge is 0.266 e. The lowest BCUT2D eigenvalue weighted by atomic mass is 10.0. The third-order valence-electron chi connectivity index (χ3n) is 4.71. The number of nitrogens with one attached hydrogen (secondary N) is 1. The molecule has 0 bridgehead atoms. The molecule has 3 rings (SSSR count). The number of ether oxygens (including phenoxy) is 1. The lowest BCUT2D eigenvalue weighted by molar-refractivity contribution is -0.112. The summed E-state index contributed by atoms with van der Waals surface area (Å²) in [5.74, 6) is 0.217. The Morgan fingerprint density at radius 1 is 1.19 bits per heavy atom. The van der Waals surface area contributed by atoms with Crippen LogP contribution in [0.25, 0.3) is 6.08 Å². The molecule has 0 fully saturated rings. The highest BCUT2D eigenvalue weighted by molar-refractivity contribution is 14.1. The number of nitriles is 1. The van der Waals surface area contributed by atoms with Gasteiger partial charge in [-0.3, -0.25) is 4.79 Å². The number of nitrogens with zero attached hydrogens (tertiary/aromatic N) is 1. The number of aryl methyl sites for hydroxylation is 1. The van der Waals surface area contributed by atoms with Gasteiger partial charge in [-0.25, -0.2) is 0 Å². The van der Waals surface area contributed by atoms with E-state index in [1.54, 1.807) is 25.3 Å². The summed E-state index contributed by atoms with van der Waals surface area (Å²) in [5, 5.41) is 13.0. The highest BCUT2D eigenvalue weighted by atomic mass is 127. The van der Waals surface area contributed by atoms with E-state index in [0.29, 0.717) is 28.4 Å². The van der Waals surface area contributed by atoms with E-state index >= 15 is 0 Å². The molecule has 0 heterocycles. The van der Waals surface area contributed by atoms with Crippen LogP contribution in [0.5, 0.6) is 5.75 Å². The van der Waals surface area contributed by atoms with E-state index in [9.17, 15) is 10.1 Å². The third kappa shape index (κ3) is 5.87. The maximum Gasteiger partial charge on any atom is 0.266 e. The number of methoxy groups -OCH3 is 1. The molecule has 3 aromatic carbocycles. The molecule has 0 radical (unpaired) electrons. The van der Waals surface area contributed by atoms with Gasteiger partial charge in [0.05, 0.1) is 7.11 Å². The molecule has 6 heteroatoms. The van der Waals surface area contributed by atoms with Crippen molar-refractivity contribution in [3.63, 3.8) is 0 Å². The minimum absolute atomic E-state index is 0.0114. The van der Waals surface area contributed by atoms with Crippen LogP contribution >= 0.6 is 34.2 Å². The first kappa shape index (κ1) is 22.9. The monoisotopic (exact) mass is 542 g/mol. The Kier molecular flexibility index (Phi) is 7.72. The second-order valence-electron chi connectivity index (χ2n) is 6.94. The quantitative estimate of drug-likeness (QED) is 0.223. The number of anilines is 1. The van der Waals surface area contributed by atoms with Crippen LogP contribution in [0.4, 0.5) is 5.69 Å². The first-order valence-electron chi connectivity index (χ1n) is 9.51. The zero-order valence-corrected chi connectivity index (χ0v) is 20.0. The Balaban J connectivity index is 1.89. The minimum atomic E-state index is -0.458. The van der Waals surface area contributed by atoms with Gasteiger partial charge in [0.15, 0.2) is 0 Å².